The third-order valence-corrected chi connectivity index (χ3v) is 5.68. The van der Waals surface area contributed by atoms with Crippen LogP contribution < -0.4 is 4.74 Å². The van der Waals surface area contributed by atoms with E-state index in [1.165, 1.54) is 0 Å². The van der Waals surface area contributed by atoms with Crippen molar-refractivity contribution in [3.05, 3.63) is 70.5 Å². The van der Waals surface area contributed by atoms with E-state index in [0.717, 1.165) is 34.4 Å². The molecule has 1 aliphatic heterocycles. The Balaban J connectivity index is 1.27. The predicted octanol–water partition coefficient (Wildman–Crippen LogP) is 3.87. The first kappa shape index (κ1) is 21.3. The summed E-state index contributed by atoms with van der Waals surface area (Å²) in [6.07, 6.45) is 3.48. The van der Waals surface area contributed by atoms with Crippen LogP contribution in [0.15, 0.2) is 63.6 Å². The van der Waals surface area contributed by atoms with Gasteiger partial charge in [-0.1, -0.05) is 33.2 Å². The van der Waals surface area contributed by atoms with Gasteiger partial charge in [-0.15, -0.1) is 0 Å². The fourth-order valence-electron chi connectivity index (χ4n) is 3.34. The van der Waals surface area contributed by atoms with Gasteiger partial charge < -0.3 is 14.2 Å². The SMILES string of the molecule is COc1ccc(-c2noc(CN3CCN(C(=O)C=Cc4ccc(Br)cc4)CC3)n2)cc1. The number of amides is 1. The van der Waals surface area contributed by atoms with Gasteiger partial charge in [-0.3, -0.25) is 9.69 Å². The minimum atomic E-state index is 0.0298. The maximum atomic E-state index is 12.5. The number of piperazine rings is 1. The van der Waals surface area contributed by atoms with Crippen molar-refractivity contribution in [1.82, 2.24) is 19.9 Å². The van der Waals surface area contributed by atoms with Crippen LogP contribution in [0.4, 0.5) is 0 Å². The van der Waals surface area contributed by atoms with Gasteiger partial charge in [0.15, 0.2) is 0 Å². The van der Waals surface area contributed by atoms with E-state index in [2.05, 4.69) is 31.0 Å². The second-order valence-corrected chi connectivity index (χ2v) is 8.14. The van der Waals surface area contributed by atoms with Crippen LogP contribution >= 0.6 is 15.9 Å². The number of halogens is 1. The van der Waals surface area contributed by atoms with Gasteiger partial charge in [0.1, 0.15) is 5.75 Å². The molecule has 8 heteroatoms. The highest BCUT2D eigenvalue weighted by molar-refractivity contribution is 9.10. The highest BCUT2D eigenvalue weighted by Crippen LogP contribution is 2.20. The number of benzene rings is 2. The third-order valence-electron chi connectivity index (χ3n) is 5.15. The zero-order chi connectivity index (χ0) is 21.6. The third kappa shape index (κ3) is 5.59. The molecule has 2 aromatic carbocycles. The Bertz CT molecular complexity index is 1040. The molecule has 2 heterocycles. The van der Waals surface area contributed by atoms with Crippen molar-refractivity contribution >= 4 is 27.9 Å². The van der Waals surface area contributed by atoms with Crippen LogP contribution in [0.1, 0.15) is 11.5 Å². The monoisotopic (exact) mass is 482 g/mol. The first-order valence-electron chi connectivity index (χ1n) is 10.0. The Morgan fingerprint density at radius 2 is 1.81 bits per heavy atom. The van der Waals surface area contributed by atoms with Gasteiger partial charge >= 0.3 is 0 Å². The highest BCUT2D eigenvalue weighted by atomic mass is 79.9. The zero-order valence-corrected chi connectivity index (χ0v) is 18.8. The molecular formula is C23H23BrN4O3. The summed E-state index contributed by atoms with van der Waals surface area (Å²) in [5.41, 5.74) is 1.88. The summed E-state index contributed by atoms with van der Waals surface area (Å²) in [5.74, 6) is 1.94. The van der Waals surface area contributed by atoms with Gasteiger partial charge in [-0.05, 0) is 48.0 Å². The van der Waals surface area contributed by atoms with Crippen LogP contribution in [-0.4, -0.2) is 59.1 Å². The number of carbonyl (C=O) groups is 1. The van der Waals surface area contributed by atoms with Crippen LogP contribution in [-0.2, 0) is 11.3 Å². The second kappa shape index (κ2) is 9.89. The molecule has 1 saturated heterocycles. The molecule has 0 atom stereocenters. The first-order valence-corrected chi connectivity index (χ1v) is 10.8. The Morgan fingerprint density at radius 3 is 2.48 bits per heavy atom. The van der Waals surface area contributed by atoms with E-state index < -0.39 is 0 Å². The van der Waals surface area contributed by atoms with Crippen LogP contribution in [0.2, 0.25) is 0 Å². The molecule has 0 radical (unpaired) electrons. The molecule has 1 aliphatic rings. The van der Waals surface area contributed by atoms with E-state index in [0.29, 0.717) is 31.3 Å². The molecule has 0 spiro atoms. The molecule has 7 nitrogen and oxygen atoms in total. The Hall–Kier alpha value is -2.97. The minimum absolute atomic E-state index is 0.0298. The van der Waals surface area contributed by atoms with Crippen molar-refractivity contribution in [1.29, 1.82) is 0 Å². The van der Waals surface area contributed by atoms with Crippen molar-refractivity contribution in [2.45, 2.75) is 6.54 Å². The average molecular weight is 483 g/mol. The number of hydrogen-bond acceptors (Lipinski definition) is 6. The maximum Gasteiger partial charge on any atom is 0.246 e. The normalized spacial score (nSPS) is 14.8. The molecular weight excluding hydrogens is 460 g/mol. The summed E-state index contributed by atoms with van der Waals surface area (Å²) in [5, 5.41) is 4.08. The van der Waals surface area contributed by atoms with Gasteiger partial charge in [0, 0.05) is 42.3 Å². The number of nitrogens with zero attached hydrogens (tertiary/aromatic N) is 4. The second-order valence-electron chi connectivity index (χ2n) is 7.23. The summed E-state index contributed by atoms with van der Waals surface area (Å²) in [6.45, 7) is 3.43. The van der Waals surface area contributed by atoms with E-state index in [4.69, 9.17) is 9.26 Å². The maximum absolute atomic E-state index is 12.5. The van der Waals surface area contributed by atoms with E-state index in [1.54, 1.807) is 13.2 Å². The summed E-state index contributed by atoms with van der Waals surface area (Å²) in [7, 11) is 1.63. The lowest BCUT2D eigenvalue weighted by Crippen LogP contribution is -2.47. The van der Waals surface area contributed by atoms with Gasteiger partial charge in [0.2, 0.25) is 17.6 Å². The first-order chi connectivity index (χ1) is 15.1. The molecule has 1 fully saturated rings. The molecule has 0 aliphatic carbocycles. The summed E-state index contributed by atoms with van der Waals surface area (Å²) >= 11 is 3.41. The number of carbonyl (C=O) groups excluding carboxylic acids is 1. The van der Waals surface area contributed by atoms with Crippen molar-refractivity contribution in [2.24, 2.45) is 0 Å². The number of rotatable bonds is 6. The summed E-state index contributed by atoms with van der Waals surface area (Å²) in [4.78, 5) is 21.0. The molecule has 0 unspecified atom stereocenters. The van der Waals surface area contributed by atoms with Crippen molar-refractivity contribution in [2.75, 3.05) is 33.3 Å². The fraction of sp³-hybridized carbons (Fsp3) is 0.261. The number of aromatic nitrogens is 2. The van der Waals surface area contributed by atoms with Crippen molar-refractivity contribution in [3.8, 4) is 17.1 Å². The molecule has 31 heavy (non-hydrogen) atoms. The van der Waals surface area contributed by atoms with Crippen LogP contribution in [0, 0.1) is 0 Å². The molecule has 0 N–H and O–H groups in total. The molecule has 1 amide bonds. The molecule has 160 valence electrons. The van der Waals surface area contributed by atoms with E-state index >= 15 is 0 Å². The van der Waals surface area contributed by atoms with Crippen LogP contribution in [0.25, 0.3) is 17.5 Å². The zero-order valence-electron chi connectivity index (χ0n) is 17.2. The minimum Gasteiger partial charge on any atom is -0.497 e. The number of methoxy groups -OCH3 is 1. The molecule has 1 aromatic heterocycles. The quantitative estimate of drug-likeness (QED) is 0.496. The standard InChI is InChI=1S/C23H23BrN4O3/c1-30-20-9-5-18(6-10-20)23-25-21(31-26-23)16-27-12-14-28(15-13-27)22(29)11-4-17-2-7-19(24)8-3-17/h2-11H,12-16H2,1H3. The lowest BCUT2D eigenvalue weighted by molar-refractivity contribution is -0.127. The molecule has 0 bridgehead atoms. The summed E-state index contributed by atoms with van der Waals surface area (Å²) in [6, 6.07) is 15.4. The van der Waals surface area contributed by atoms with Crippen molar-refractivity contribution in [3.63, 3.8) is 0 Å². The van der Waals surface area contributed by atoms with E-state index in [-0.39, 0.29) is 5.91 Å². The van der Waals surface area contributed by atoms with Crippen LogP contribution in [0.5, 0.6) is 5.75 Å². The number of ether oxygens (including phenoxy) is 1. The molecule has 0 saturated carbocycles. The average Bonchev–Trinajstić information content (AvgIpc) is 3.27. The van der Waals surface area contributed by atoms with Gasteiger partial charge in [-0.2, -0.15) is 4.98 Å². The predicted molar refractivity (Wildman–Crippen MR) is 121 cm³/mol. The fourth-order valence-corrected chi connectivity index (χ4v) is 3.61. The Kier molecular flexibility index (Phi) is 6.79. The highest BCUT2D eigenvalue weighted by Gasteiger charge is 2.21. The van der Waals surface area contributed by atoms with Crippen molar-refractivity contribution < 1.29 is 14.1 Å². The Labute approximate surface area is 189 Å². The topological polar surface area (TPSA) is 71.7 Å². The molecule has 4 rings (SSSR count). The smallest absolute Gasteiger partial charge is 0.246 e. The Morgan fingerprint density at radius 1 is 1.10 bits per heavy atom. The van der Waals surface area contributed by atoms with E-state index in [1.807, 2.05) is 59.5 Å². The van der Waals surface area contributed by atoms with Gasteiger partial charge in [0.05, 0.1) is 13.7 Å². The number of hydrogen-bond donors (Lipinski definition) is 0. The van der Waals surface area contributed by atoms with Gasteiger partial charge in [-0.25, -0.2) is 0 Å². The van der Waals surface area contributed by atoms with E-state index in [9.17, 15) is 4.79 Å². The van der Waals surface area contributed by atoms with Gasteiger partial charge in [0.25, 0.3) is 0 Å². The molecule has 3 aromatic rings. The lowest BCUT2D eigenvalue weighted by Gasteiger charge is -2.33. The largest absolute Gasteiger partial charge is 0.497 e. The van der Waals surface area contributed by atoms with Crippen LogP contribution in [0.3, 0.4) is 0 Å². The lowest BCUT2D eigenvalue weighted by atomic mass is 10.2. The summed E-state index contributed by atoms with van der Waals surface area (Å²) < 4.78 is 11.6.